The Morgan fingerprint density at radius 3 is 2.36 bits per heavy atom. The third kappa shape index (κ3) is 5.38. The summed E-state index contributed by atoms with van der Waals surface area (Å²) in [5.74, 6) is -1.36. The number of carboxylic acids is 1. The average molecular weight is 380 g/mol. The molecule has 0 bridgehead atoms. The van der Waals surface area contributed by atoms with E-state index in [1.165, 1.54) is 0 Å². The molecule has 0 aromatic heterocycles. The molecule has 2 aromatic rings. The Hall–Kier alpha value is -1.71. The van der Waals surface area contributed by atoms with Crippen LogP contribution in [0.1, 0.15) is 50.5 Å². The van der Waals surface area contributed by atoms with E-state index in [0.29, 0.717) is 22.2 Å². The molecule has 5 heteroatoms. The van der Waals surface area contributed by atoms with Crippen LogP contribution in [0.15, 0.2) is 42.5 Å². The fourth-order valence-corrected chi connectivity index (χ4v) is 3.35. The molecular formula is C20H23Cl2NO2. The van der Waals surface area contributed by atoms with Crippen molar-refractivity contribution in [2.45, 2.75) is 44.9 Å². The van der Waals surface area contributed by atoms with Gasteiger partial charge in [-0.15, -0.1) is 0 Å². The van der Waals surface area contributed by atoms with Crippen molar-refractivity contribution in [3.63, 3.8) is 0 Å². The predicted molar refractivity (Wildman–Crippen MR) is 105 cm³/mol. The molecule has 0 saturated heterocycles. The maximum Gasteiger partial charge on any atom is 0.311 e. The first-order valence-corrected chi connectivity index (χ1v) is 9.33. The fourth-order valence-electron chi connectivity index (χ4n) is 2.85. The van der Waals surface area contributed by atoms with Crippen LogP contribution < -0.4 is 5.32 Å². The summed E-state index contributed by atoms with van der Waals surface area (Å²) in [5.41, 5.74) is 2.07. The number of hydrogen-bond donors (Lipinski definition) is 2. The molecule has 0 heterocycles. The Bertz CT molecular complexity index is 698. The predicted octanol–water partition coefficient (Wildman–Crippen LogP) is 6.88. The molecule has 25 heavy (non-hydrogen) atoms. The van der Waals surface area contributed by atoms with Gasteiger partial charge in [-0.3, -0.25) is 4.79 Å². The first kappa shape index (κ1) is 19.6. The molecule has 2 rings (SSSR count). The molecule has 0 aliphatic rings. The molecule has 1 unspecified atom stereocenters. The van der Waals surface area contributed by atoms with E-state index in [9.17, 15) is 9.90 Å². The largest absolute Gasteiger partial charge is 0.481 e. The number of anilines is 2. The second-order valence-corrected chi connectivity index (χ2v) is 6.86. The summed E-state index contributed by atoms with van der Waals surface area (Å²) >= 11 is 12.5. The highest BCUT2D eigenvalue weighted by Gasteiger charge is 2.22. The Kier molecular flexibility index (Phi) is 7.60. The van der Waals surface area contributed by atoms with Gasteiger partial charge in [0.05, 0.1) is 21.7 Å². The minimum absolute atomic E-state index is 0.497. The van der Waals surface area contributed by atoms with Gasteiger partial charge < -0.3 is 10.4 Å². The topological polar surface area (TPSA) is 49.3 Å². The van der Waals surface area contributed by atoms with Crippen LogP contribution in [0, 0.1) is 0 Å². The fraction of sp³-hybridized carbons (Fsp3) is 0.350. The van der Waals surface area contributed by atoms with Crippen molar-refractivity contribution in [2.75, 3.05) is 5.32 Å². The van der Waals surface area contributed by atoms with Gasteiger partial charge in [0.2, 0.25) is 0 Å². The number of carboxylic acid groups (broad SMARTS) is 1. The van der Waals surface area contributed by atoms with E-state index in [1.54, 1.807) is 18.2 Å². The lowest BCUT2D eigenvalue weighted by atomic mass is 9.91. The smallest absolute Gasteiger partial charge is 0.311 e. The highest BCUT2D eigenvalue weighted by atomic mass is 35.5. The van der Waals surface area contributed by atoms with Crippen molar-refractivity contribution in [2.24, 2.45) is 0 Å². The van der Waals surface area contributed by atoms with Crippen molar-refractivity contribution >= 4 is 40.5 Å². The van der Waals surface area contributed by atoms with Gasteiger partial charge in [-0.25, -0.2) is 0 Å². The summed E-state index contributed by atoms with van der Waals surface area (Å²) in [4.78, 5) is 11.8. The molecule has 2 N–H and O–H groups in total. The number of carbonyl (C=O) groups is 1. The van der Waals surface area contributed by atoms with Gasteiger partial charge >= 0.3 is 5.97 Å². The van der Waals surface area contributed by atoms with Crippen LogP contribution in [0.25, 0.3) is 0 Å². The maximum absolute atomic E-state index is 11.8. The van der Waals surface area contributed by atoms with Crippen molar-refractivity contribution in [1.82, 2.24) is 0 Å². The van der Waals surface area contributed by atoms with E-state index in [0.717, 1.165) is 36.9 Å². The van der Waals surface area contributed by atoms with E-state index in [4.69, 9.17) is 23.2 Å². The molecule has 0 aliphatic heterocycles. The summed E-state index contributed by atoms with van der Waals surface area (Å²) < 4.78 is 0. The number of benzene rings is 2. The Morgan fingerprint density at radius 1 is 1.04 bits per heavy atom. The highest BCUT2D eigenvalue weighted by Crippen LogP contribution is 2.36. The summed E-state index contributed by atoms with van der Waals surface area (Å²) in [5, 5.41) is 13.9. The van der Waals surface area contributed by atoms with E-state index >= 15 is 0 Å². The van der Waals surface area contributed by atoms with Gasteiger partial charge in [0, 0.05) is 5.69 Å². The van der Waals surface area contributed by atoms with Crippen LogP contribution in [0.3, 0.4) is 0 Å². The SMILES string of the molecule is CCCCCCC(C(=O)O)c1ccccc1Nc1c(Cl)cccc1Cl. The summed E-state index contributed by atoms with van der Waals surface area (Å²) in [6.07, 6.45) is 4.81. The standard InChI is InChI=1S/C20H23Cl2NO2/c1-2-3-4-5-10-15(20(24)25)14-9-6-7-13-18(14)23-19-16(21)11-8-12-17(19)22/h6-9,11-13,15,23H,2-5,10H2,1H3,(H,24,25). The zero-order valence-corrected chi connectivity index (χ0v) is 15.8. The number of para-hydroxylation sites is 2. The molecule has 2 aromatic carbocycles. The van der Waals surface area contributed by atoms with E-state index in [2.05, 4.69) is 12.2 Å². The van der Waals surface area contributed by atoms with Crippen LogP contribution in [-0.2, 0) is 4.79 Å². The number of aliphatic carboxylic acids is 1. The molecule has 0 fully saturated rings. The van der Waals surface area contributed by atoms with Gasteiger partial charge in [-0.1, -0.05) is 80.1 Å². The molecule has 0 saturated carbocycles. The molecule has 0 spiro atoms. The van der Waals surface area contributed by atoms with Crippen molar-refractivity contribution in [1.29, 1.82) is 0 Å². The van der Waals surface area contributed by atoms with E-state index in [1.807, 2.05) is 24.3 Å². The monoisotopic (exact) mass is 379 g/mol. The van der Waals surface area contributed by atoms with Crippen molar-refractivity contribution < 1.29 is 9.90 Å². The molecular weight excluding hydrogens is 357 g/mol. The number of unbranched alkanes of at least 4 members (excludes halogenated alkanes) is 3. The first-order valence-electron chi connectivity index (χ1n) is 8.57. The molecule has 134 valence electrons. The zero-order chi connectivity index (χ0) is 18.2. The lowest BCUT2D eigenvalue weighted by Gasteiger charge is -2.19. The Labute approximate surface area is 159 Å². The average Bonchev–Trinajstić information content (AvgIpc) is 2.59. The number of nitrogens with one attached hydrogen (secondary N) is 1. The Balaban J connectivity index is 2.27. The van der Waals surface area contributed by atoms with Crippen LogP contribution in [0.5, 0.6) is 0 Å². The third-order valence-electron chi connectivity index (χ3n) is 4.20. The van der Waals surface area contributed by atoms with Crippen molar-refractivity contribution in [3.8, 4) is 0 Å². The van der Waals surface area contributed by atoms with Crippen LogP contribution in [-0.4, -0.2) is 11.1 Å². The van der Waals surface area contributed by atoms with Crippen LogP contribution in [0.2, 0.25) is 10.0 Å². The molecule has 0 radical (unpaired) electrons. The third-order valence-corrected chi connectivity index (χ3v) is 4.83. The quantitative estimate of drug-likeness (QED) is 0.467. The van der Waals surface area contributed by atoms with Gasteiger partial charge in [0.1, 0.15) is 0 Å². The summed E-state index contributed by atoms with van der Waals surface area (Å²) in [6.45, 7) is 2.14. The lowest BCUT2D eigenvalue weighted by Crippen LogP contribution is -2.13. The molecule has 1 atom stereocenters. The molecule has 0 amide bonds. The number of hydrogen-bond acceptors (Lipinski definition) is 2. The van der Waals surface area contributed by atoms with Gasteiger partial charge in [-0.05, 0) is 30.2 Å². The Morgan fingerprint density at radius 2 is 1.72 bits per heavy atom. The van der Waals surface area contributed by atoms with Gasteiger partial charge in [-0.2, -0.15) is 0 Å². The minimum atomic E-state index is -0.809. The van der Waals surface area contributed by atoms with E-state index in [-0.39, 0.29) is 0 Å². The zero-order valence-electron chi connectivity index (χ0n) is 14.3. The lowest BCUT2D eigenvalue weighted by molar-refractivity contribution is -0.139. The first-order chi connectivity index (χ1) is 12.0. The summed E-state index contributed by atoms with van der Waals surface area (Å²) in [7, 11) is 0. The van der Waals surface area contributed by atoms with E-state index < -0.39 is 11.9 Å². The second kappa shape index (κ2) is 9.69. The highest BCUT2D eigenvalue weighted by molar-refractivity contribution is 6.39. The van der Waals surface area contributed by atoms with Crippen LogP contribution in [0.4, 0.5) is 11.4 Å². The maximum atomic E-state index is 11.8. The minimum Gasteiger partial charge on any atom is -0.481 e. The molecule has 0 aliphatic carbocycles. The summed E-state index contributed by atoms with van der Waals surface area (Å²) in [6, 6.07) is 12.7. The normalized spacial score (nSPS) is 12.0. The number of rotatable bonds is 9. The second-order valence-electron chi connectivity index (χ2n) is 6.05. The molecule has 3 nitrogen and oxygen atoms in total. The number of halogens is 2. The van der Waals surface area contributed by atoms with Gasteiger partial charge in [0.25, 0.3) is 0 Å². The van der Waals surface area contributed by atoms with Crippen LogP contribution >= 0.6 is 23.2 Å². The van der Waals surface area contributed by atoms with Gasteiger partial charge in [0.15, 0.2) is 0 Å². The van der Waals surface area contributed by atoms with Crippen molar-refractivity contribution in [3.05, 3.63) is 58.1 Å².